The van der Waals surface area contributed by atoms with Gasteiger partial charge in [0.05, 0.1) is 6.54 Å². The van der Waals surface area contributed by atoms with Crippen LogP contribution in [0.5, 0.6) is 0 Å². The number of rotatable bonds is 6. The van der Waals surface area contributed by atoms with Gasteiger partial charge in [-0.25, -0.2) is 0 Å². The fourth-order valence-electron chi connectivity index (χ4n) is 1.12. The molecule has 70 valence electrons. The van der Waals surface area contributed by atoms with Gasteiger partial charge in [-0.05, 0) is 5.92 Å². The van der Waals surface area contributed by atoms with Gasteiger partial charge in [-0.15, -0.1) is 6.58 Å². The first-order chi connectivity index (χ1) is 5.56. The van der Waals surface area contributed by atoms with Crippen molar-refractivity contribution in [2.24, 2.45) is 11.7 Å². The molecule has 0 unspecified atom stereocenters. The Labute approximate surface area is 74.2 Å². The molecule has 0 aliphatic carbocycles. The smallest absolute Gasteiger partial charge is 0.231 e. The van der Waals surface area contributed by atoms with Gasteiger partial charge >= 0.3 is 0 Å². The Morgan fingerprint density at radius 3 is 2.58 bits per heavy atom. The lowest BCUT2D eigenvalue weighted by molar-refractivity contribution is -0.119. The Balaban J connectivity index is 3.85. The second-order valence-electron chi connectivity index (χ2n) is 3.34. The highest BCUT2D eigenvalue weighted by atomic mass is 16.1. The topological polar surface area (TPSA) is 46.3 Å². The van der Waals surface area contributed by atoms with Gasteiger partial charge in [0.1, 0.15) is 0 Å². The Bertz CT molecular complexity index is 155. The van der Waals surface area contributed by atoms with Crippen LogP contribution in [0, 0.1) is 5.92 Å². The molecule has 3 nitrogen and oxygen atoms in total. The van der Waals surface area contributed by atoms with Crippen LogP contribution in [-0.4, -0.2) is 30.4 Å². The maximum Gasteiger partial charge on any atom is 0.231 e. The van der Waals surface area contributed by atoms with Gasteiger partial charge in [0.2, 0.25) is 5.91 Å². The highest BCUT2D eigenvalue weighted by molar-refractivity contribution is 5.75. The van der Waals surface area contributed by atoms with Crippen molar-refractivity contribution < 1.29 is 4.79 Å². The molecule has 0 aromatic rings. The van der Waals surface area contributed by atoms with Crippen LogP contribution in [-0.2, 0) is 4.79 Å². The van der Waals surface area contributed by atoms with E-state index in [1.54, 1.807) is 6.08 Å². The summed E-state index contributed by atoms with van der Waals surface area (Å²) in [6, 6.07) is 0. The predicted molar refractivity (Wildman–Crippen MR) is 50.7 cm³/mol. The van der Waals surface area contributed by atoms with Gasteiger partial charge < -0.3 is 5.73 Å². The zero-order valence-corrected chi connectivity index (χ0v) is 7.92. The summed E-state index contributed by atoms with van der Waals surface area (Å²) in [5, 5.41) is 0. The quantitative estimate of drug-likeness (QED) is 0.594. The molecule has 3 heteroatoms. The molecule has 0 spiro atoms. The van der Waals surface area contributed by atoms with E-state index in [1.165, 1.54) is 0 Å². The van der Waals surface area contributed by atoms with Gasteiger partial charge in [-0.3, -0.25) is 9.69 Å². The molecule has 0 rings (SSSR count). The predicted octanol–water partition coefficient (Wildman–Crippen LogP) is 0.616. The first-order valence-electron chi connectivity index (χ1n) is 4.17. The van der Waals surface area contributed by atoms with Gasteiger partial charge in [0.25, 0.3) is 0 Å². The Morgan fingerprint density at radius 1 is 1.67 bits per heavy atom. The van der Waals surface area contributed by atoms with Crippen molar-refractivity contribution >= 4 is 5.91 Å². The molecule has 12 heavy (non-hydrogen) atoms. The van der Waals surface area contributed by atoms with Crippen molar-refractivity contribution in [1.82, 2.24) is 4.90 Å². The minimum atomic E-state index is -0.280. The van der Waals surface area contributed by atoms with E-state index in [2.05, 4.69) is 20.4 Å². The van der Waals surface area contributed by atoms with Crippen molar-refractivity contribution in [3.63, 3.8) is 0 Å². The van der Waals surface area contributed by atoms with Crippen molar-refractivity contribution in [2.45, 2.75) is 13.8 Å². The maximum atomic E-state index is 10.6. The number of amides is 1. The van der Waals surface area contributed by atoms with E-state index < -0.39 is 0 Å². The Kier molecular flexibility index (Phi) is 5.37. The largest absolute Gasteiger partial charge is 0.369 e. The molecule has 0 aliphatic rings. The molecule has 0 bridgehead atoms. The average Bonchev–Trinajstić information content (AvgIpc) is 1.84. The van der Waals surface area contributed by atoms with E-state index in [0.29, 0.717) is 12.5 Å². The molecule has 0 aliphatic heterocycles. The molecule has 0 aromatic heterocycles. The lowest BCUT2D eigenvalue weighted by Crippen LogP contribution is -2.36. The molecule has 0 aromatic carbocycles. The van der Waals surface area contributed by atoms with E-state index in [4.69, 9.17) is 5.73 Å². The molecule has 0 saturated carbocycles. The normalized spacial score (nSPS) is 10.7. The first-order valence-corrected chi connectivity index (χ1v) is 4.17. The summed E-state index contributed by atoms with van der Waals surface area (Å²) < 4.78 is 0. The number of nitrogens with zero attached hydrogens (tertiary/aromatic N) is 1. The molecule has 0 heterocycles. The van der Waals surface area contributed by atoms with E-state index >= 15 is 0 Å². The highest BCUT2D eigenvalue weighted by Gasteiger charge is 2.07. The summed E-state index contributed by atoms with van der Waals surface area (Å²) in [5.41, 5.74) is 5.08. The number of carbonyl (C=O) groups excluding carboxylic acids is 1. The number of hydrogen-bond donors (Lipinski definition) is 1. The molecule has 0 saturated heterocycles. The average molecular weight is 170 g/mol. The second kappa shape index (κ2) is 5.77. The summed E-state index contributed by atoms with van der Waals surface area (Å²) in [7, 11) is 0. The zero-order valence-electron chi connectivity index (χ0n) is 7.92. The van der Waals surface area contributed by atoms with Crippen molar-refractivity contribution in [2.75, 3.05) is 19.6 Å². The van der Waals surface area contributed by atoms with Crippen LogP contribution in [0.2, 0.25) is 0 Å². The minimum Gasteiger partial charge on any atom is -0.369 e. The molecule has 1 amide bonds. The molecule has 2 N–H and O–H groups in total. The highest BCUT2D eigenvalue weighted by Crippen LogP contribution is 1.97. The van der Waals surface area contributed by atoms with E-state index in [1.807, 2.05) is 4.90 Å². The SMILES string of the molecule is C=CCN(CC(N)=O)CC(C)C. The van der Waals surface area contributed by atoms with Crippen LogP contribution in [0.4, 0.5) is 0 Å². The van der Waals surface area contributed by atoms with Crippen molar-refractivity contribution in [1.29, 1.82) is 0 Å². The first kappa shape index (κ1) is 11.2. The van der Waals surface area contributed by atoms with Gasteiger partial charge in [-0.1, -0.05) is 19.9 Å². The molecule has 0 fully saturated rings. The summed E-state index contributed by atoms with van der Waals surface area (Å²) in [6.45, 7) is 9.77. The molecular formula is C9H18N2O. The molecule has 0 atom stereocenters. The zero-order chi connectivity index (χ0) is 9.56. The third kappa shape index (κ3) is 5.92. The standard InChI is InChI=1S/C9H18N2O/c1-4-5-11(6-8(2)3)7-9(10)12/h4,8H,1,5-7H2,2-3H3,(H2,10,12). The van der Waals surface area contributed by atoms with Crippen LogP contribution >= 0.6 is 0 Å². The van der Waals surface area contributed by atoms with Crippen molar-refractivity contribution in [3.8, 4) is 0 Å². The fourth-order valence-corrected chi connectivity index (χ4v) is 1.12. The number of carbonyl (C=O) groups is 1. The monoisotopic (exact) mass is 170 g/mol. The van der Waals surface area contributed by atoms with Crippen LogP contribution in [0.15, 0.2) is 12.7 Å². The molecular weight excluding hydrogens is 152 g/mol. The van der Waals surface area contributed by atoms with Gasteiger partial charge in [0, 0.05) is 13.1 Å². The minimum absolute atomic E-state index is 0.280. The summed E-state index contributed by atoms with van der Waals surface area (Å²) in [6.07, 6.45) is 1.78. The maximum absolute atomic E-state index is 10.6. The lowest BCUT2D eigenvalue weighted by atomic mass is 10.2. The number of hydrogen-bond acceptors (Lipinski definition) is 2. The fraction of sp³-hybridized carbons (Fsp3) is 0.667. The van der Waals surface area contributed by atoms with Gasteiger partial charge in [0.15, 0.2) is 0 Å². The summed E-state index contributed by atoms with van der Waals surface area (Å²) in [4.78, 5) is 12.6. The van der Waals surface area contributed by atoms with Crippen LogP contribution < -0.4 is 5.73 Å². The van der Waals surface area contributed by atoms with E-state index in [9.17, 15) is 4.79 Å². The van der Waals surface area contributed by atoms with Crippen LogP contribution in [0.25, 0.3) is 0 Å². The number of primary amides is 1. The second-order valence-corrected chi connectivity index (χ2v) is 3.34. The van der Waals surface area contributed by atoms with E-state index in [0.717, 1.165) is 13.1 Å². The number of nitrogens with two attached hydrogens (primary N) is 1. The van der Waals surface area contributed by atoms with Gasteiger partial charge in [-0.2, -0.15) is 0 Å². The lowest BCUT2D eigenvalue weighted by Gasteiger charge is -2.20. The molecule has 0 radical (unpaired) electrons. The third-order valence-corrected chi connectivity index (χ3v) is 1.39. The Hall–Kier alpha value is -0.830. The van der Waals surface area contributed by atoms with Crippen molar-refractivity contribution in [3.05, 3.63) is 12.7 Å². The third-order valence-electron chi connectivity index (χ3n) is 1.39. The van der Waals surface area contributed by atoms with Crippen LogP contribution in [0.3, 0.4) is 0 Å². The summed E-state index contributed by atoms with van der Waals surface area (Å²) in [5.74, 6) is 0.266. The Morgan fingerprint density at radius 2 is 2.25 bits per heavy atom. The summed E-state index contributed by atoms with van der Waals surface area (Å²) >= 11 is 0. The van der Waals surface area contributed by atoms with Crippen LogP contribution in [0.1, 0.15) is 13.8 Å². The van der Waals surface area contributed by atoms with E-state index in [-0.39, 0.29) is 5.91 Å².